The summed E-state index contributed by atoms with van der Waals surface area (Å²) in [4.78, 5) is 15.8. The van der Waals surface area contributed by atoms with Crippen LogP contribution in [0.25, 0.3) is 11.1 Å². The van der Waals surface area contributed by atoms with Gasteiger partial charge in [-0.25, -0.2) is 13.8 Å². The summed E-state index contributed by atoms with van der Waals surface area (Å²) >= 11 is 12.3. The number of halogens is 4. The normalized spacial score (nSPS) is 11.1. The van der Waals surface area contributed by atoms with E-state index in [2.05, 4.69) is 4.98 Å². The molecule has 0 bridgehead atoms. The minimum Gasteiger partial charge on any atom is -0.299 e. The van der Waals surface area contributed by atoms with Gasteiger partial charge in [0.2, 0.25) is 0 Å². The smallest absolute Gasteiger partial charge is 0.166 e. The van der Waals surface area contributed by atoms with Crippen LogP contribution in [0.15, 0.2) is 24.4 Å². The summed E-state index contributed by atoms with van der Waals surface area (Å²) in [6.45, 7) is 3.60. The number of rotatable bonds is 5. The van der Waals surface area contributed by atoms with Crippen LogP contribution in [0.3, 0.4) is 0 Å². The molecule has 2 aromatic rings. The van der Waals surface area contributed by atoms with E-state index in [1.807, 2.05) is 0 Å². The Hall–Kier alpha value is -1.52. The van der Waals surface area contributed by atoms with Crippen molar-refractivity contribution in [3.63, 3.8) is 0 Å². The Morgan fingerprint density at radius 3 is 2.61 bits per heavy atom. The van der Waals surface area contributed by atoms with Gasteiger partial charge in [-0.2, -0.15) is 0 Å². The highest BCUT2D eigenvalue weighted by Crippen LogP contribution is 2.37. The zero-order valence-electron chi connectivity index (χ0n) is 12.7. The third-order valence-electron chi connectivity index (χ3n) is 3.57. The maximum atomic E-state index is 14.1. The van der Waals surface area contributed by atoms with Gasteiger partial charge in [-0.15, -0.1) is 0 Å². The van der Waals surface area contributed by atoms with Crippen LogP contribution in [0.2, 0.25) is 10.2 Å². The van der Waals surface area contributed by atoms with E-state index in [1.165, 1.54) is 18.3 Å². The first-order valence-corrected chi connectivity index (χ1v) is 7.88. The number of pyridine rings is 1. The first-order chi connectivity index (χ1) is 10.8. The fourth-order valence-electron chi connectivity index (χ4n) is 2.26. The van der Waals surface area contributed by atoms with Gasteiger partial charge in [-0.1, -0.05) is 49.2 Å². The van der Waals surface area contributed by atoms with Crippen LogP contribution in [-0.2, 0) is 11.2 Å². The minimum atomic E-state index is -1.01. The van der Waals surface area contributed by atoms with Crippen LogP contribution >= 0.6 is 23.2 Å². The summed E-state index contributed by atoms with van der Waals surface area (Å²) < 4.78 is 27.7. The number of benzene rings is 1. The second-order valence-electron chi connectivity index (χ2n) is 5.47. The van der Waals surface area contributed by atoms with Crippen molar-refractivity contribution in [3.05, 3.63) is 51.8 Å². The molecular weight excluding hydrogens is 343 g/mol. The lowest BCUT2D eigenvalue weighted by atomic mass is 9.95. The molecule has 2 rings (SSSR count). The van der Waals surface area contributed by atoms with Gasteiger partial charge in [-0.3, -0.25) is 4.79 Å². The van der Waals surface area contributed by atoms with Crippen molar-refractivity contribution in [1.29, 1.82) is 0 Å². The van der Waals surface area contributed by atoms with Gasteiger partial charge >= 0.3 is 0 Å². The Kier molecular flexibility index (Phi) is 5.71. The van der Waals surface area contributed by atoms with E-state index >= 15 is 0 Å². The highest BCUT2D eigenvalue weighted by Gasteiger charge is 2.20. The van der Waals surface area contributed by atoms with E-state index in [9.17, 15) is 13.6 Å². The van der Waals surface area contributed by atoms with Crippen LogP contribution in [0, 0.1) is 17.6 Å². The molecule has 0 aliphatic heterocycles. The first-order valence-electron chi connectivity index (χ1n) is 7.13. The summed E-state index contributed by atoms with van der Waals surface area (Å²) in [5.41, 5.74) is 0.726. The predicted octanol–water partition coefficient (Wildman–Crippen LogP) is 5.49. The Morgan fingerprint density at radius 1 is 1.26 bits per heavy atom. The third kappa shape index (κ3) is 3.88. The highest BCUT2D eigenvalue weighted by molar-refractivity contribution is 6.35. The lowest BCUT2D eigenvalue weighted by Gasteiger charge is -2.14. The summed E-state index contributed by atoms with van der Waals surface area (Å²) in [7, 11) is 0. The molecule has 0 saturated heterocycles. The number of nitrogens with zero attached hydrogens (tertiary/aromatic N) is 1. The Morgan fingerprint density at radius 2 is 1.96 bits per heavy atom. The molecule has 0 amide bonds. The molecule has 122 valence electrons. The molecular formula is C17H15Cl2F2NO. The lowest BCUT2D eigenvalue weighted by molar-refractivity contribution is -0.121. The molecule has 0 atom stereocenters. The van der Waals surface area contributed by atoms with E-state index in [0.717, 1.165) is 6.07 Å². The molecule has 0 aliphatic rings. The molecule has 0 saturated carbocycles. The van der Waals surface area contributed by atoms with E-state index < -0.39 is 11.6 Å². The second kappa shape index (κ2) is 7.37. The maximum absolute atomic E-state index is 14.1. The minimum absolute atomic E-state index is 0.00583. The molecule has 23 heavy (non-hydrogen) atoms. The monoisotopic (exact) mass is 357 g/mol. The maximum Gasteiger partial charge on any atom is 0.166 e. The molecule has 0 aliphatic carbocycles. The largest absolute Gasteiger partial charge is 0.299 e. The molecule has 6 heteroatoms. The van der Waals surface area contributed by atoms with Crippen LogP contribution < -0.4 is 0 Å². The Bertz CT molecular complexity index is 748. The van der Waals surface area contributed by atoms with Gasteiger partial charge in [0.1, 0.15) is 10.9 Å². The first kappa shape index (κ1) is 17.8. The number of hydrogen-bond donors (Lipinski definition) is 0. The van der Waals surface area contributed by atoms with Gasteiger partial charge in [0.05, 0.1) is 5.02 Å². The van der Waals surface area contributed by atoms with Crippen LogP contribution in [-0.4, -0.2) is 10.8 Å². The molecule has 1 heterocycles. The number of Topliss-reactive ketones (excluding diaryl/α,β-unsaturated/α-hetero) is 1. The van der Waals surface area contributed by atoms with E-state index in [4.69, 9.17) is 23.2 Å². The predicted molar refractivity (Wildman–Crippen MR) is 87.8 cm³/mol. The summed E-state index contributed by atoms with van der Waals surface area (Å²) in [5.74, 6) is -2.05. The van der Waals surface area contributed by atoms with Crippen molar-refractivity contribution in [2.24, 2.45) is 5.92 Å². The zero-order valence-corrected chi connectivity index (χ0v) is 14.2. The average Bonchev–Trinajstić information content (AvgIpc) is 2.50. The van der Waals surface area contributed by atoms with E-state index in [1.54, 1.807) is 13.8 Å². The number of carbonyl (C=O) groups excluding carboxylic acids is 1. The molecule has 0 unspecified atom stereocenters. The van der Waals surface area contributed by atoms with Crippen molar-refractivity contribution in [1.82, 2.24) is 4.98 Å². The number of carbonyl (C=O) groups is 1. The van der Waals surface area contributed by atoms with Crippen molar-refractivity contribution in [2.75, 3.05) is 0 Å². The summed E-state index contributed by atoms with van der Waals surface area (Å²) in [6, 6.07) is 3.84. The zero-order chi connectivity index (χ0) is 17.1. The van der Waals surface area contributed by atoms with Gasteiger partial charge < -0.3 is 0 Å². The Labute approximate surface area is 143 Å². The lowest BCUT2D eigenvalue weighted by Crippen LogP contribution is -2.09. The molecule has 2 nitrogen and oxygen atoms in total. The highest BCUT2D eigenvalue weighted by atomic mass is 35.5. The number of aromatic nitrogens is 1. The van der Waals surface area contributed by atoms with Crippen molar-refractivity contribution in [2.45, 2.75) is 26.7 Å². The summed E-state index contributed by atoms with van der Waals surface area (Å²) in [5, 5.41) is 0.288. The molecule has 0 N–H and O–H groups in total. The van der Waals surface area contributed by atoms with Crippen LogP contribution in [0.1, 0.15) is 25.8 Å². The molecule has 0 fully saturated rings. The average molecular weight is 358 g/mol. The van der Waals surface area contributed by atoms with E-state index in [0.29, 0.717) is 5.56 Å². The number of hydrogen-bond acceptors (Lipinski definition) is 2. The van der Waals surface area contributed by atoms with E-state index in [-0.39, 0.29) is 45.8 Å². The second-order valence-corrected chi connectivity index (χ2v) is 6.24. The standard InChI is InChI=1S/C17H15Cl2F2NO/c1-9(2)14(23)7-6-11-15(12(18)8-22-17(11)19)10-4-3-5-13(20)16(10)21/h3-5,8-9H,6-7H2,1-2H3. The fourth-order valence-corrected chi connectivity index (χ4v) is 2.76. The quantitative estimate of drug-likeness (QED) is 0.662. The van der Waals surface area contributed by atoms with Gasteiger partial charge in [0, 0.05) is 29.7 Å². The van der Waals surface area contributed by atoms with Gasteiger partial charge in [0.15, 0.2) is 11.6 Å². The van der Waals surface area contributed by atoms with Gasteiger partial charge in [0.25, 0.3) is 0 Å². The molecule has 0 spiro atoms. The fraction of sp³-hybridized carbons (Fsp3) is 0.294. The topological polar surface area (TPSA) is 30.0 Å². The molecule has 0 radical (unpaired) electrons. The van der Waals surface area contributed by atoms with Crippen LogP contribution in [0.4, 0.5) is 8.78 Å². The number of ketones is 1. The summed E-state index contributed by atoms with van der Waals surface area (Å²) in [6.07, 6.45) is 1.77. The van der Waals surface area contributed by atoms with Crippen molar-refractivity contribution in [3.8, 4) is 11.1 Å². The third-order valence-corrected chi connectivity index (χ3v) is 4.18. The van der Waals surface area contributed by atoms with Crippen LogP contribution in [0.5, 0.6) is 0 Å². The van der Waals surface area contributed by atoms with Crippen molar-refractivity contribution >= 4 is 29.0 Å². The SMILES string of the molecule is CC(C)C(=O)CCc1c(Cl)ncc(Cl)c1-c1cccc(F)c1F. The molecule has 1 aromatic carbocycles. The van der Waals surface area contributed by atoms with Gasteiger partial charge in [-0.05, 0) is 18.1 Å². The molecule has 1 aromatic heterocycles. The Balaban J connectivity index is 2.53. The van der Waals surface area contributed by atoms with Crippen molar-refractivity contribution < 1.29 is 13.6 Å².